The summed E-state index contributed by atoms with van der Waals surface area (Å²) in [5.74, 6) is 1.39. The molecule has 0 radical (unpaired) electrons. The molecule has 0 aliphatic carbocycles. The molecule has 0 aliphatic heterocycles. The first-order chi connectivity index (χ1) is 15.2. The van der Waals surface area contributed by atoms with Gasteiger partial charge in [0.05, 0.1) is 16.7 Å². The molecule has 3 heterocycles. The third-order valence-corrected chi connectivity index (χ3v) is 5.18. The SMILES string of the molecule is [C-]#[N+]c1cccc(-c2ccc3nnc(Cc4cccc(-c5ncc(Br)cn5)c4)n3n2)c1. The molecule has 31 heavy (non-hydrogen) atoms. The van der Waals surface area contributed by atoms with Crippen LogP contribution >= 0.6 is 15.9 Å². The first-order valence-electron chi connectivity index (χ1n) is 9.46. The molecule has 0 aliphatic rings. The van der Waals surface area contributed by atoms with Crippen LogP contribution in [0.15, 0.2) is 77.5 Å². The predicted molar refractivity (Wildman–Crippen MR) is 120 cm³/mol. The van der Waals surface area contributed by atoms with Crippen molar-refractivity contribution in [2.75, 3.05) is 0 Å². The minimum atomic E-state index is 0.560. The van der Waals surface area contributed by atoms with E-state index in [1.807, 2.05) is 54.6 Å². The van der Waals surface area contributed by atoms with Gasteiger partial charge in [0.25, 0.3) is 0 Å². The highest BCUT2D eigenvalue weighted by atomic mass is 79.9. The maximum atomic E-state index is 7.23. The van der Waals surface area contributed by atoms with Crippen LogP contribution in [-0.4, -0.2) is 29.8 Å². The Kier molecular flexibility index (Phi) is 4.94. The summed E-state index contributed by atoms with van der Waals surface area (Å²) in [5.41, 5.74) is 4.88. The number of aromatic nitrogens is 6. The zero-order valence-electron chi connectivity index (χ0n) is 16.1. The molecular weight excluding hydrogens is 454 g/mol. The van der Waals surface area contributed by atoms with E-state index < -0.39 is 0 Å². The molecule has 0 unspecified atom stereocenters. The lowest BCUT2D eigenvalue weighted by Gasteiger charge is -2.06. The molecule has 0 atom stereocenters. The average Bonchev–Trinajstić information content (AvgIpc) is 3.21. The second-order valence-corrected chi connectivity index (χ2v) is 7.78. The first-order valence-corrected chi connectivity index (χ1v) is 10.2. The van der Waals surface area contributed by atoms with Gasteiger partial charge in [-0.3, -0.25) is 0 Å². The highest BCUT2D eigenvalue weighted by molar-refractivity contribution is 9.10. The molecule has 0 saturated heterocycles. The lowest BCUT2D eigenvalue weighted by molar-refractivity contribution is 0.842. The molecular formula is C23H14BrN7. The maximum absolute atomic E-state index is 7.23. The molecule has 8 heteroatoms. The summed E-state index contributed by atoms with van der Waals surface area (Å²) in [7, 11) is 0. The van der Waals surface area contributed by atoms with Gasteiger partial charge >= 0.3 is 0 Å². The Morgan fingerprint density at radius 2 is 1.71 bits per heavy atom. The maximum Gasteiger partial charge on any atom is 0.187 e. The van der Waals surface area contributed by atoms with Crippen molar-refractivity contribution in [2.45, 2.75) is 6.42 Å². The van der Waals surface area contributed by atoms with Gasteiger partial charge in [0, 0.05) is 24.4 Å². The molecule has 148 valence electrons. The second-order valence-electron chi connectivity index (χ2n) is 6.87. The third kappa shape index (κ3) is 3.91. The van der Waals surface area contributed by atoms with E-state index >= 15 is 0 Å². The van der Waals surface area contributed by atoms with Crippen LogP contribution in [0.25, 0.3) is 33.1 Å². The number of nitrogens with zero attached hydrogens (tertiary/aromatic N) is 7. The van der Waals surface area contributed by atoms with Gasteiger partial charge in [-0.25, -0.2) is 14.8 Å². The van der Waals surface area contributed by atoms with Gasteiger partial charge < -0.3 is 0 Å². The topological polar surface area (TPSA) is 73.2 Å². The van der Waals surface area contributed by atoms with Crippen molar-refractivity contribution >= 4 is 27.3 Å². The Labute approximate surface area is 186 Å². The lowest BCUT2D eigenvalue weighted by atomic mass is 10.1. The van der Waals surface area contributed by atoms with Crippen LogP contribution in [0.5, 0.6) is 0 Å². The normalized spacial score (nSPS) is 10.8. The van der Waals surface area contributed by atoms with E-state index in [9.17, 15) is 0 Å². The highest BCUT2D eigenvalue weighted by Crippen LogP contribution is 2.23. The molecule has 0 saturated carbocycles. The summed E-state index contributed by atoms with van der Waals surface area (Å²) < 4.78 is 2.59. The number of hydrogen-bond acceptors (Lipinski definition) is 5. The van der Waals surface area contributed by atoms with E-state index in [2.05, 4.69) is 40.9 Å². The van der Waals surface area contributed by atoms with Crippen molar-refractivity contribution in [3.63, 3.8) is 0 Å². The van der Waals surface area contributed by atoms with E-state index in [1.165, 1.54) is 0 Å². The average molecular weight is 468 g/mol. The summed E-state index contributed by atoms with van der Waals surface area (Å²) in [4.78, 5) is 12.2. The summed E-state index contributed by atoms with van der Waals surface area (Å²) in [6, 6.07) is 19.2. The fraction of sp³-hybridized carbons (Fsp3) is 0.0435. The van der Waals surface area contributed by atoms with E-state index in [4.69, 9.17) is 11.7 Å². The number of fused-ring (bicyclic) bond motifs is 1. The molecule has 0 amide bonds. The van der Waals surface area contributed by atoms with Crippen molar-refractivity contribution in [1.82, 2.24) is 29.8 Å². The molecule has 5 rings (SSSR count). The highest BCUT2D eigenvalue weighted by Gasteiger charge is 2.11. The molecule has 2 aromatic carbocycles. The summed E-state index contributed by atoms with van der Waals surface area (Å²) in [6.45, 7) is 7.23. The molecule has 0 fully saturated rings. The van der Waals surface area contributed by atoms with Gasteiger partial charge in [-0.2, -0.15) is 9.61 Å². The Morgan fingerprint density at radius 1 is 0.903 bits per heavy atom. The number of benzene rings is 2. The zero-order valence-corrected chi connectivity index (χ0v) is 17.7. The fourth-order valence-electron chi connectivity index (χ4n) is 3.30. The molecule has 7 nitrogen and oxygen atoms in total. The second kappa shape index (κ2) is 8.05. The largest absolute Gasteiger partial charge is 0.238 e. The zero-order chi connectivity index (χ0) is 21.2. The number of hydrogen-bond donors (Lipinski definition) is 0. The minimum absolute atomic E-state index is 0.560. The van der Waals surface area contributed by atoms with Crippen LogP contribution in [0.2, 0.25) is 0 Å². The van der Waals surface area contributed by atoms with Gasteiger partial charge in [-0.15, -0.1) is 10.2 Å². The molecule has 3 aromatic heterocycles. The molecule has 0 spiro atoms. The van der Waals surface area contributed by atoms with E-state index in [0.29, 0.717) is 23.6 Å². The fourth-order valence-corrected chi connectivity index (χ4v) is 3.50. The summed E-state index contributed by atoms with van der Waals surface area (Å²) in [5, 5.41) is 13.3. The van der Waals surface area contributed by atoms with Crippen LogP contribution in [0.3, 0.4) is 0 Å². The predicted octanol–water partition coefficient (Wildman–Crippen LogP) is 5.15. The van der Waals surface area contributed by atoms with Gasteiger partial charge in [0.1, 0.15) is 0 Å². The van der Waals surface area contributed by atoms with Crippen LogP contribution in [-0.2, 0) is 6.42 Å². The monoisotopic (exact) mass is 467 g/mol. The van der Waals surface area contributed by atoms with E-state index in [0.717, 1.165) is 32.7 Å². The van der Waals surface area contributed by atoms with Crippen molar-refractivity contribution in [3.8, 4) is 22.6 Å². The van der Waals surface area contributed by atoms with Crippen molar-refractivity contribution in [1.29, 1.82) is 0 Å². The Morgan fingerprint density at radius 3 is 2.55 bits per heavy atom. The Hall–Kier alpha value is -3.96. The standard InChI is InChI=1S/C23H14BrN7/c1-25-19-7-3-5-16(12-19)20-8-9-21-28-29-22(31(21)30-20)11-15-4-2-6-17(10-15)23-26-13-18(24)14-27-23/h2-10,12-14H,11H2. The number of rotatable bonds is 4. The van der Waals surface area contributed by atoms with Crippen molar-refractivity contribution in [2.24, 2.45) is 0 Å². The van der Waals surface area contributed by atoms with Gasteiger partial charge in [-0.1, -0.05) is 36.4 Å². The Bertz CT molecular complexity index is 1430. The molecule has 0 bridgehead atoms. The van der Waals surface area contributed by atoms with Crippen LogP contribution in [0.4, 0.5) is 5.69 Å². The van der Waals surface area contributed by atoms with Crippen molar-refractivity contribution in [3.05, 3.63) is 100 Å². The quantitative estimate of drug-likeness (QED) is 0.341. The number of halogens is 1. The van der Waals surface area contributed by atoms with Crippen LogP contribution < -0.4 is 0 Å². The van der Waals surface area contributed by atoms with Crippen LogP contribution in [0, 0.1) is 6.57 Å². The summed E-state index contributed by atoms with van der Waals surface area (Å²) >= 11 is 3.36. The van der Waals surface area contributed by atoms with Crippen LogP contribution in [0.1, 0.15) is 11.4 Å². The van der Waals surface area contributed by atoms with Gasteiger partial charge in [0.15, 0.2) is 23.0 Å². The third-order valence-electron chi connectivity index (χ3n) is 4.77. The first kappa shape index (κ1) is 19.0. The molecule has 5 aromatic rings. The van der Waals surface area contributed by atoms with E-state index in [-0.39, 0.29) is 0 Å². The smallest absolute Gasteiger partial charge is 0.187 e. The van der Waals surface area contributed by atoms with Gasteiger partial charge in [0.2, 0.25) is 0 Å². The van der Waals surface area contributed by atoms with Crippen molar-refractivity contribution < 1.29 is 0 Å². The molecule has 0 N–H and O–H groups in total. The minimum Gasteiger partial charge on any atom is -0.238 e. The lowest BCUT2D eigenvalue weighted by Crippen LogP contribution is -2.01. The van der Waals surface area contributed by atoms with E-state index in [1.54, 1.807) is 23.0 Å². The Balaban J connectivity index is 1.49. The van der Waals surface area contributed by atoms with Gasteiger partial charge in [-0.05, 0) is 51.3 Å². The summed E-state index contributed by atoms with van der Waals surface area (Å²) in [6.07, 6.45) is 4.02.